The predicted molar refractivity (Wildman–Crippen MR) is 126 cm³/mol. The molecule has 0 unspecified atom stereocenters. The summed E-state index contributed by atoms with van der Waals surface area (Å²) in [6.45, 7) is -0.490. The quantitative estimate of drug-likeness (QED) is 0.393. The van der Waals surface area contributed by atoms with Gasteiger partial charge in [0.2, 0.25) is 0 Å². The van der Waals surface area contributed by atoms with E-state index in [4.69, 9.17) is 19.9 Å². The number of anilines is 1. The summed E-state index contributed by atoms with van der Waals surface area (Å²) in [6.07, 6.45) is -0.232. The third kappa shape index (κ3) is 7.56. The monoisotopic (exact) mass is 463 g/mol. The van der Waals surface area contributed by atoms with Gasteiger partial charge in [-0.2, -0.15) is 0 Å². The number of carbonyl (C=O) groups is 3. The van der Waals surface area contributed by atoms with Crippen molar-refractivity contribution in [3.8, 4) is 17.2 Å². The highest BCUT2D eigenvalue weighted by atomic mass is 16.5. The Morgan fingerprint density at radius 2 is 1.59 bits per heavy atom. The lowest BCUT2D eigenvalue weighted by molar-refractivity contribution is -0.147. The first-order valence-corrected chi connectivity index (χ1v) is 10.4. The molecule has 9 heteroatoms. The first kappa shape index (κ1) is 24.1. The van der Waals surface area contributed by atoms with E-state index in [1.165, 1.54) is 7.11 Å². The maximum absolute atomic E-state index is 12.4. The minimum Gasteiger partial charge on any atom is -0.497 e. The Labute approximate surface area is 196 Å². The van der Waals surface area contributed by atoms with Gasteiger partial charge in [0.25, 0.3) is 5.91 Å². The van der Waals surface area contributed by atoms with Gasteiger partial charge >= 0.3 is 12.0 Å². The second kappa shape index (κ2) is 11.9. The molecule has 0 aliphatic heterocycles. The van der Waals surface area contributed by atoms with E-state index >= 15 is 0 Å². The highest BCUT2D eigenvalue weighted by Crippen LogP contribution is 2.26. The van der Waals surface area contributed by atoms with Crippen LogP contribution in [0.2, 0.25) is 0 Å². The molecule has 0 spiro atoms. The average molecular weight is 463 g/mol. The maximum atomic E-state index is 12.4. The number of rotatable bonds is 10. The smallest absolute Gasteiger partial charge is 0.312 e. The molecule has 0 radical (unpaired) electrons. The minimum absolute atomic E-state index is 0.232. The summed E-state index contributed by atoms with van der Waals surface area (Å²) in [5.74, 6) is 0.536. The van der Waals surface area contributed by atoms with Crippen LogP contribution in [0.1, 0.15) is 18.0 Å². The van der Waals surface area contributed by atoms with Crippen molar-refractivity contribution in [1.82, 2.24) is 5.32 Å². The van der Waals surface area contributed by atoms with E-state index < -0.39 is 30.6 Å². The molecule has 0 heterocycles. The van der Waals surface area contributed by atoms with E-state index in [0.29, 0.717) is 28.5 Å². The number of benzene rings is 3. The molecule has 34 heavy (non-hydrogen) atoms. The van der Waals surface area contributed by atoms with Gasteiger partial charge in [-0.05, 0) is 42.0 Å². The van der Waals surface area contributed by atoms with Gasteiger partial charge in [-0.15, -0.1) is 0 Å². The van der Waals surface area contributed by atoms with Crippen molar-refractivity contribution in [2.45, 2.75) is 12.5 Å². The van der Waals surface area contributed by atoms with Crippen molar-refractivity contribution in [3.63, 3.8) is 0 Å². The van der Waals surface area contributed by atoms with Crippen LogP contribution in [0.25, 0.3) is 0 Å². The molecular weight excluding hydrogens is 438 g/mol. The zero-order valence-corrected chi connectivity index (χ0v) is 18.5. The number of ether oxygens (including phenoxy) is 3. The van der Waals surface area contributed by atoms with Crippen molar-refractivity contribution < 1.29 is 28.6 Å². The maximum Gasteiger partial charge on any atom is 0.312 e. The van der Waals surface area contributed by atoms with Gasteiger partial charge in [0.1, 0.15) is 17.2 Å². The Balaban J connectivity index is 1.60. The van der Waals surface area contributed by atoms with E-state index in [1.807, 2.05) is 18.2 Å². The molecule has 0 aromatic heterocycles. The molecule has 0 saturated carbocycles. The summed E-state index contributed by atoms with van der Waals surface area (Å²) in [7, 11) is 1.52. The summed E-state index contributed by atoms with van der Waals surface area (Å²) in [6, 6.07) is 21.3. The number of hydrogen-bond donors (Lipinski definition) is 3. The van der Waals surface area contributed by atoms with E-state index in [0.717, 1.165) is 0 Å². The molecule has 9 nitrogen and oxygen atoms in total. The average Bonchev–Trinajstić information content (AvgIpc) is 2.83. The minimum atomic E-state index is -0.803. The fraction of sp³-hybridized carbons (Fsp3) is 0.160. The second-order valence-corrected chi connectivity index (χ2v) is 7.19. The van der Waals surface area contributed by atoms with Crippen molar-refractivity contribution >= 4 is 23.6 Å². The first-order chi connectivity index (χ1) is 16.4. The van der Waals surface area contributed by atoms with Gasteiger partial charge < -0.3 is 30.6 Å². The number of urea groups is 1. The lowest BCUT2D eigenvalue weighted by Gasteiger charge is -2.18. The third-order valence-electron chi connectivity index (χ3n) is 4.64. The Morgan fingerprint density at radius 1 is 0.882 bits per heavy atom. The zero-order valence-electron chi connectivity index (χ0n) is 18.5. The third-order valence-corrected chi connectivity index (χ3v) is 4.64. The van der Waals surface area contributed by atoms with Gasteiger partial charge in [0.05, 0.1) is 19.6 Å². The summed E-state index contributed by atoms with van der Waals surface area (Å²) in [5.41, 5.74) is 6.38. The number of nitrogens with two attached hydrogens (primary N) is 1. The normalized spacial score (nSPS) is 11.1. The highest BCUT2D eigenvalue weighted by molar-refractivity contribution is 5.93. The standard InChI is InChI=1S/C25H25N3O6/c1-32-20-11-6-8-18(14-20)27-23(29)16-33-24(30)15-22(28-25(26)31)17-7-5-12-21(13-17)34-19-9-3-2-4-10-19/h2-14,22H,15-16H2,1H3,(H,27,29)(H3,26,28,31)/t22-/m0/s1. The largest absolute Gasteiger partial charge is 0.497 e. The van der Waals surface area contributed by atoms with Crippen LogP contribution in [0.5, 0.6) is 17.2 Å². The number of amides is 3. The van der Waals surface area contributed by atoms with Crippen molar-refractivity contribution in [2.24, 2.45) is 5.73 Å². The molecule has 1 atom stereocenters. The molecule has 3 rings (SSSR count). The van der Waals surface area contributed by atoms with Crippen molar-refractivity contribution in [1.29, 1.82) is 0 Å². The van der Waals surface area contributed by atoms with Gasteiger partial charge in [0, 0.05) is 11.8 Å². The van der Waals surface area contributed by atoms with Gasteiger partial charge in [-0.25, -0.2) is 4.79 Å². The fourth-order valence-electron chi connectivity index (χ4n) is 3.11. The summed E-state index contributed by atoms with van der Waals surface area (Å²) >= 11 is 0. The number of para-hydroxylation sites is 1. The van der Waals surface area contributed by atoms with Crippen LogP contribution in [0.3, 0.4) is 0 Å². The van der Waals surface area contributed by atoms with Gasteiger partial charge in [-0.3, -0.25) is 9.59 Å². The van der Waals surface area contributed by atoms with Gasteiger partial charge in [0.15, 0.2) is 6.61 Å². The molecule has 0 fully saturated rings. The van der Waals surface area contributed by atoms with Crippen LogP contribution < -0.4 is 25.8 Å². The topological polar surface area (TPSA) is 129 Å². The first-order valence-electron chi connectivity index (χ1n) is 10.4. The van der Waals surface area contributed by atoms with Crippen molar-refractivity contribution in [2.75, 3.05) is 19.0 Å². The Hall–Kier alpha value is -4.53. The fourth-order valence-corrected chi connectivity index (χ4v) is 3.11. The zero-order chi connectivity index (χ0) is 24.3. The summed E-state index contributed by atoms with van der Waals surface area (Å²) in [5, 5.41) is 5.14. The van der Waals surface area contributed by atoms with E-state index in [1.54, 1.807) is 60.7 Å². The molecule has 176 valence electrons. The highest BCUT2D eigenvalue weighted by Gasteiger charge is 2.20. The van der Waals surface area contributed by atoms with Crippen LogP contribution in [0.4, 0.5) is 10.5 Å². The molecule has 3 aromatic carbocycles. The van der Waals surface area contributed by atoms with E-state index in [-0.39, 0.29) is 6.42 Å². The van der Waals surface area contributed by atoms with E-state index in [2.05, 4.69) is 10.6 Å². The van der Waals surface area contributed by atoms with Crippen molar-refractivity contribution in [3.05, 3.63) is 84.4 Å². The number of carbonyl (C=O) groups excluding carboxylic acids is 3. The molecule has 3 amide bonds. The summed E-state index contributed by atoms with van der Waals surface area (Å²) in [4.78, 5) is 36.0. The van der Waals surface area contributed by atoms with Crippen LogP contribution in [-0.2, 0) is 14.3 Å². The number of primary amides is 1. The Bertz CT molecular complexity index is 1140. The molecule has 3 aromatic rings. The van der Waals surface area contributed by atoms with Gasteiger partial charge in [-0.1, -0.05) is 36.4 Å². The van der Waals surface area contributed by atoms with Crippen LogP contribution in [0.15, 0.2) is 78.9 Å². The number of methoxy groups -OCH3 is 1. The lowest BCUT2D eigenvalue weighted by Crippen LogP contribution is -2.35. The molecule has 0 aliphatic carbocycles. The number of nitrogens with one attached hydrogen (secondary N) is 2. The molecular formula is C25H25N3O6. The van der Waals surface area contributed by atoms with Crippen LogP contribution in [-0.4, -0.2) is 31.6 Å². The molecule has 0 saturated heterocycles. The lowest BCUT2D eigenvalue weighted by atomic mass is 10.0. The second-order valence-electron chi connectivity index (χ2n) is 7.19. The Kier molecular flexibility index (Phi) is 8.45. The summed E-state index contributed by atoms with van der Waals surface area (Å²) < 4.78 is 16.0. The Morgan fingerprint density at radius 3 is 2.32 bits per heavy atom. The predicted octanol–water partition coefficient (Wildman–Crippen LogP) is 3.77. The number of hydrogen-bond acceptors (Lipinski definition) is 6. The molecule has 4 N–H and O–H groups in total. The molecule has 0 aliphatic rings. The molecule has 0 bridgehead atoms. The SMILES string of the molecule is COc1cccc(NC(=O)COC(=O)C[C@H](NC(N)=O)c2cccc(Oc3ccccc3)c2)c1. The van der Waals surface area contributed by atoms with Crippen LogP contribution in [0, 0.1) is 0 Å². The van der Waals surface area contributed by atoms with E-state index in [9.17, 15) is 14.4 Å². The number of esters is 1. The van der Waals surface area contributed by atoms with Crippen LogP contribution >= 0.6 is 0 Å².